The molecule has 1 aromatic carbocycles. The minimum absolute atomic E-state index is 0.0703. The number of carboxylic acid groups (broad SMARTS) is 1. The number of carbonyl (C=O) groups excluding carboxylic acids is 1. The summed E-state index contributed by atoms with van der Waals surface area (Å²) >= 11 is 0. The van der Waals surface area contributed by atoms with Crippen molar-refractivity contribution in [2.75, 3.05) is 0 Å². The Labute approximate surface area is 162 Å². The third-order valence-electron chi connectivity index (χ3n) is 6.13. The molecule has 7 nitrogen and oxygen atoms in total. The first-order valence-corrected chi connectivity index (χ1v) is 10.1. The quantitative estimate of drug-likeness (QED) is 0.826. The number of carboxylic acids is 1. The molecule has 28 heavy (non-hydrogen) atoms. The first kappa shape index (κ1) is 18.7. The van der Waals surface area contributed by atoms with E-state index in [0.717, 1.165) is 25.7 Å². The molecule has 148 valence electrons. The number of carbonyl (C=O) groups is 2. The normalized spacial score (nSPS) is 24.3. The van der Waals surface area contributed by atoms with E-state index in [1.54, 1.807) is 23.1 Å². The van der Waals surface area contributed by atoms with Crippen LogP contribution in [0.15, 0.2) is 29.1 Å². The number of nitrogens with one attached hydrogen (secondary N) is 1. The van der Waals surface area contributed by atoms with Gasteiger partial charge < -0.3 is 15.0 Å². The molecule has 0 radical (unpaired) electrons. The summed E-state index contributed by atoms with van der Waals surface area (Å²) in [5.74, 6) is -0.117. The maximum absolute atomic E-state index is 12.9. The molecule has 1 aliphatic carbocycles. The number of aliphatic carboxylic acids is 1. The third-order valence-corrected chi connectivity index (χ3v) is 6.13. The standard InChI is InChI=1S/C21H25N3O4/c25-19(24-16-9-4-1-6-13(16)12-17(24)21(27)28)11-5-10-18-22-15-8-3-2-7-14(15)20(26)23-18/h2-3,7-8,13,16-17H,1,4-6,9-12H2,(H,27,28)(H,22,23,26). The van der Waals surface area contributed by atoms with E-state index in [2.05, 4.69) is 9.97 Å². The van der Waals surface area contributed by atoms with Crippen LogP contribution in [0.1, 0.15) is 50.8 Å². The molecule has 4 rings (SSSR count). The van der Waals surface area contributed by atoms with E-state index in [1.807, 2.05) is 6.07 Å². The summed E-state index contributed by atoms with van der Waals surface area (Å²) in [6.07, 6.45) is 5.94. The van der Waals surface area contributed by atoms with Crippen molar-refractivity contribution in [2.24, 2.45) is 5.92 Å². The van der Waals surface area contributed by atoms with Crippen LogP contribution in [0.25, 0.3) is 10.9 Å². The number of para-hydroxylation sites is 1. The first-order chi connectivity index (χ1) is 13.5. The van der Waals surface area contributed by atoms with Crippen LogP contribution in [0.2, 0.25) is 0 Å². The van der Waals surface area contributed by atoms with Crippen LogP contribution in [-0.4, -0.2) is 43.9 Å². The lowest BCUT2D eigenvalue weighted by Crippen LogP contribution is -2.46. The van der Waals surface area contributed by atoms with Crippen molar-refractivity contribution in [2.45, 2.75) is 63.5 Å². The molecule has 1 saturated heterocycles. The van der Waals surface area contributed by atoms with Crippen molar-refractivity contribution in [1.29, 1.82) is 0 Å². The number of aromatic nitrogens is 2. The smallest absolute Gasteiger partial charge is 0.326 e. The fraction of sp³-hybridized carbons (Fsp3) is 0.524. The minimum atomic E-state index is -0.900. The largest absolute Gasteiger partial charge is 0.480 e. The zero-order valence-corrected chi connectivity index (χ0v) is 15.8. The van der Waals surface area contributed by atoms with Gasteiger partial charge in [0.15, 0.2) is 0 Å². The topological polar surface area (TPSA) is 103 Å². The highest BCUT2D eigenvalue weighted by atomic mass is 16.4. The van der Waals surface area contributed by atoms with Gasteiger partial charge in [-0.25, -0.2) is 9.78 Å². The third kappa shape index (κ3) is 3.53. The Kier molecular flexibility index (Phi) is 5.15. The first-order valence-electron chi connectivity index (χ1n) is 10.1. The van der Waals surface area contributed by atoms with Gasteiger partial charge in [0.25, 0.3) is 5.56 Å². The number of H-pyrrole nitrogens is 1. The fourth-order valence-electron chi connectivity index (χ4n) is 4.83. The molecule has 2 aromatic rings. The molecular weight excluding hydrogens is 358 g/mol. The number of hydrogen-bond acceptors (Lipinski definition) is 4. The second-order valence-corrected chi connectivity index (χ2v) is 7.89. The van der Waals surface area contributed by atoms with Crippen molar-refractivity contribution in [3.63, 3.8) is 0 Å². The molecule has 2 N–H and O–H groups in total. The van der Waals surface area contributed by atoms with Gasteiger partial charge in [-0.05, 0) is 43.7 Å². The number of benzene rings is 1. The van der Waals surface area contributed by atoms with E-state index >= 15 is 0 Å². The second kappa shape index (κ2) is 7.73. The van der Waals surface area contributed by atoms with Gasteiger partial charge in [-0.3, -0.25) is 9.59 Å². The summed E-state index contributed by atoms with van der Waals surface area (Å²) in [6.45, 7) is 0. The molecule has 1 aromatic heterocycles. The molecule has 1 amide bonds. The Morgan fingerprint density at radius 1 is 1.21 bits per heavy atom. The zero-order chi connectivity index (χ0) is 19.7. The van der Waals surface area contributed by atoms with Crippen LogP contribution < -0.4 is 5.56 Å². The number of likely N-dealkylation sites (tertiary alicyclic amines) is 1. The molecule has 7 heteroatoms. The lowest BCUT2D eigenvalue weighted by atomic mass is 9.84. The van der Waals surface area contributed by atoms with E-state index in [9.17, 15) is 19.5 Å². The highest BCUT2D eigenvalue weighted by Gasteiger charge is 2.47. The van der Waals surface area contributed by atoms with Crippen LogP contribution in [0, 0.1) is 5.92 Å². The van der Waals surface area contributed by atoms with Crippen molar-refractivity contribution >= 4 is 22.8 Å². The SMILES string of the molecule is O=C(O)C1CC2CCCCC2N1C(=O)CCCc1nc2ccccc2c(=O)[nH]1. The van der Waals surface area contributed by atoms with Gasteiger partial charge in [0, 0.05) is 18.9 Å². The molecule has 2 heterocycles. The van der Waals surface area contributed by atoms with Gasteiger partial charge in [-0.15, -0.1) is 0 Å². The number of aryl methyl sites for hydroxylation is 1. The van der Waals surface area contributed by atoms with E-state index in [-0.39, 0.29) is 23.9 Å². The van der Waals surface area contributed by atoms with Crippen molar-refractivity contribution in [3.05, 3.63) is 40.4 Å². The summed E-state index contributed by atoms with van der Waals surface area (Å²) in [4.78, 5) is 45.6. The van der Waals surface area contributed by atoms with Gasteiger partial charge >= 0.3 is 5.97 Å². The highest BCUT2D eigenvalue weighted by Crippen LogP contribution is 2.40. The van der Waals surface area contributed by atoms with Crippen LogP contribution >= 0.6 is 0 Å². The summed E-state index contributed by atoms with van der Waals surface area (Å²) < 4.78 is 0. The van der Waals surface area contributed by atoms with Crippen LogP contribution in [0.3, 0.4) is 0 Å². The molecule has 2 aliphatic rings. The van der Waals surface area contributed by atoms with Crippen LogP contribution in [0.4, 0.5) is 0 Å². The second-order valence-electron chi connectivity index (χ2n) is 7.89. The summed E-state index contributed by atoms with van der Waals surface area (Å²) in [7, 11) is 0. The number of aromatic amines is 1. The molecule has 0 bridgehead atoms. The van der Waals surface area contributed by atoms with Gasteiger partial charge in [-0.1, -0.05) is 25.0 Å². The summed E-state index contributed by atoms with van der Waals surface area (Å²) in [5.41, 5.74) is 0.463. The number of rotatable bonds is 5. The van der Waals surface area contributed by atoms with Gasteiger partial charge in [0.1, 0.15) is 11.9 Å². The maximum Gasteiger partial charge on any atom is 0.326 e. The monoisotopic (exact) mass is 383 g/mol. The predicted octanol–water partition coefficient (Wildman–Crippen LogP) is 2.49. The van der Waals surface area contributed by atoms with Crippen molar-refractivity contribution in [3.8, 4) is 0 Å². The predicted molar refractivity (Wildman–Crippen MR) is 104 cm³/mol. The lowest BCUT2D eigenvalue weighted by molar-refractivity contribution is -0.149. The molecule has 3 atom stereocenters. The molecule has 0 spiro atoms. The van der Waals surface area contributed by atoms with E-state index in [4.69, 9.17) is 0 Å². The number of nitrogens with zero attached hydrogens (tertiary/aromatic N) is 2. The van der Waals surface area contributed by atoms with Crippen LogP contribution in [0.5, 0.6) is 0 Å². The van der Waals surface area contributed by atoms with Crippen LogP contribution in [-0.2, 0) is 16.0 Å². The fourth-order valence-corrected chi connectivity index (χ4v) is 4.83. The average Bonchev–Trinajstić information content (AvgIpc) is 3.08. The Morgan fingerprint density at radius 3 is 2.82 bits per heavy atom. The Morgan fingerprint density at radius 2 is 2.00 bits per heavy atom. The van der Waals surface area contributed by atoms with Gasteiger partial charge in [0.05, 0.1) is 10.9 Å². The van der Waals surface area contributed by atoms with Gasteiger partial charge in [0.2, 0.25) is 5.91 Å². The molecule has 2 fully saturated rings. The molecule has 1 saturated carbocycles. The average molecular weight is 383 g/mol. The van der Waals surface area contributed by atoms with E-state index < -0.39 is 12.0 Å². The highest BCUT2D eigenvalue weighted by molar-refractivity contribution is 5.84. The van der Waals surface area contributed by atoms with Gasteiger partial charge in [-0.2, -0.15) is 0 Å². The molecular formula is C21H25N3O4. The van der Waals surface area contributed by atoms with E-state index in [0.29, 0.717) is 41.9 Å². The lowest BCUT2D eigenvalue weighted by Gasteiger charge is -2.33. The molecule has 3 unspecified atom stereocenters. The maximum atomic E-state index is 12.9. The Hall–Kier alpha value is -2.70. The molecule has 1 aliphatic heterocycles. The number of amides is 1. The number of fused-ring (bicyclic) bond motifs is 2. The minimum Gasteiger partial charge on any atom is -0.480 e. The summed E-state index contributed by atoms with van der Waals surface area (Å²) in [5, 5.41) is 10.1. The zero-order valence-electron chi connectivity index (χ0n) is 15.8. The Balaban J connectivity index is 1.42. The van der Waals surface area contributed by atoms with Crippen molar-refractivity contribution < 1.29 is 14.7 Å². The summed E-state index contributed by atoms with van der Waals surface area (Å²) in [6, 6.07) is 6.53. The van der Waals surface area contributed by atoms with Crippen molar-refractivity contribution in [1.82, 2.24) is 14.9 Å². The van der Waals surface area contributed by atoms with E-state index in [1.165, 1.54) is 0 Å². The number of hydrogen-bond donors (Lipinski definition) is 2. The Bertz CT molecular complexity index is 954.